The van der Waals surface area contributed by atoms with Gasteiger partial charge in [0.15, 0.2) is 16.6 Å². The van der Waals surface area contributed by atoms with Crippen LogP contribution in [0.3, 0.4) is 0 Å². The number of thiazole rings is 1. The number of nitrogens with zero attached hydrogens (tertiary/aromatic N) is 2. The highest BCUT2D eigenvalue weighted by Crippen LogP contribution is 2.35. The van der Waals surface area contributed by atoms with Gasteiger partial charge in [-0.05, 0) is 31.2 Å². The van der Waals surface area contributed by atoms with Crippen LogP contribution in [0.4, 0.5) is 16.5 Å². The number of aromatic nitrogens is 2. The molecule has 2 N–H and O–H groups in total. The van der Waals surface area contributed by atoms with E-state index in [-0.39, 0.29) is 12.7 Å². The van der Waals surface area contributed by atoms with Crippen LogP contribution in [0, 0.1) is 6.92 Å². The molecule has 0 unspecified atom stereocenters. The summed E-state index contributed by atoms with van der Waals surface area (Å²) in [6.07, 6.45) is 1.65. The van der Waals surface area contributed by atoms with Crippen LogP contribution >= 0.6 is 11.3 Å². The van der Waals surface area contributed by atoms with Crippen molar-refractivity contribution in [3.8, 4) is 11.5 Å². The lowest BCUT2D eigenvalue weighted by Crippen LogP contribution is -2.12. The molecular formula is C17H14N4O3S. The predicted molar refractivity (Wildman–Crippen MR) is 94.9 cm³/mol. The zero-order valence-electron chi connectivity index (χ0n) is 13.3. The Bertz CT molecular complexity index is 941. The van der Waals surface area contributed by atoms with Gasteiger partial charge in [-0.2, -0.15) is 0 Å². The minimum Gasteiger partial charge on any atom is -0.454 e. The number of carbonyl (C=O) groups is 1. The minimum atomic E-state index is -0.263. The Kier molecular flexibility index (Phi) is 3.95. The lowest BCUT2D eigenvalue weighted by atomic mass is 10.3. The summed E-state index contributed by atoms with van der Waals surface area (Å²) in [5.41, 5.74) is 2.69. The van der Waals surface area contributed by atoms with E-state index >= 15 is 0 Å². The lowest BCUT2D eigenvalue weighted by Gasteiger charge is -2.04. The Morgan fingerprint density at radius 3 is 2.92 bits per heavy atom. The van der Waals surface area contributed by atoms with E-state index in [1.54, 1.807) is 23.7 Å². The molecule has 0 fully saturated rings. The summed E-state index contributed by atoms with van der Waals surface area (Å²) in [6.45, 7) is 2.10. The molecule has 4 rings (SSSR count). The fourth-order valence-electron chi connectivity index (χ4n) is 2.35. The topological polar surface area (TPSA) is 85.4 Å². The van der Waals surface area contributed by atoms with Gasteiger partial charge in [0.25, 0.3) is 5.91 Å². The van der Waals surface area contributed by atoms with Crippen molar-refractivity contribution < 1.29 is 14.3 Å². The third-order valence-electron chi connectivity index (χ3n) is 3.52. The van der Waals surface area contributed by atoms with Crippen molar-refractivity contribution in [3.63, 3.8) is 0 Å². The Balaban J connectivity index is 1.45. The normalized spacial score (nSPS) is 12.0. The minimum absolute atomic E-state index is 0.231. The molecule has 0 atom stereocenters. The Morgan fingerprint density at radius 1 is 1.16 bits per heavy atom. The second kappa shape index (κ2) is 6.40. The number of nitrogens with one attached hydrogen (secondary N) is 2. The maximum atomic E-state index is 12.3. The van der Waals surface area contributed by atoms with Crippen molar-refractivity contribution in [2.75, 3.05) is 17.4 Å². The smallest absolute Gasteiger partial charge is 0.275 e. The first-order valence-electron chi connectivity index (χ1n) is 7.53. The van der Waals surface area contributed by atoms with Gasteiger partial charge >= 0.3 is 0 Å². The van der Waals surface area contributed by atoms with Crippen molar-refractivity contribution >= 4 is 33.8 Å². The highest BCUT2D eigenvalue weighted by molar-refractivity contribution is 7.14. The number of benzene rings is 1. The molecule has 0 aliphatic carbocycles. The predicted octanol–water partition coefficient (Wildman–Crippen LogP) is 3.57. The van der Waals surface area contributed by atoms with Gasteiger partial charge in [0, 0.05) is 34.7 Å². The van der Waals surface area contributed by atoms with Crippen LogP contribution in [-0.4, -0.2) is 22.7 Å². The molecule has 3 heterocycles. The number of hydrogen-bond acceptors (Lipinski definition) is 7. The van der Waals surface area contributed by atoms with Crippen LogP contribution < -0.4 is 20.1 Å². The number of carbonyl (C=O) groups excluding carboxylic acids is 1. The highest BCUT2D eigenvalue weighted by atomic mass is 32.1. The summed E-state index contributed by atoms with van der Waals surface area (Å²) in [5.74, 6) is 1.14. The second-order valence-electron chi connectivity index (χ2n) is 5.37. The van der Waals surface area contributed by atoms with E-state index in [1.165, 1.54) is 11.3 Å². The Morgan fingerprint density at radius 2 is 2.04 bits per heavy atom. The zero-order chi connectivity index (χ0) is 17.2. The summed E-state index contributed by atoms with van der Waals surface area (Å²) in [5, 5.41) is 8.30. The number of anilines is 3. The van der Waals surface area contributed by atoms with E-state index in [2.05, 4.69) is 20.6 Å². The third-order valence-corrected chi connectivity index (χ3v) is 4.27. The fourth-order valence-corrected chi connectivity index (χ4v) is 3.06. The Hall–Kier alpha value is -3.13. The van der Waals surface area contributed by atoms with Crippen LogP contribution in [0.15, 0.2) is 41.9 Å². The van der Waals surface area contributed by atoms with E-state index in [0.29, 0.717) is 22.3 Å². The number of rotatable bonds is 4. The molecule has 1 amide bonds. The molecule has 126 valence electrons. The number of fused-ring (bicyclic) bond motifs is 1. The number of pyridine rings is 1. The van der Waals surface area contributed by atoms with Crippen LogP contribution in [0.5, 0.6) is 11.5 Å². The molecule has 0 saturated heterocycles. The quantitative estimate of drug-likeness (QED) is 0.745. The largest absolute Gasteiger partial charge is 0.454 e. The van der Waals surface area contributed by atoms with Gasteiger partial charge < -0.3 is 20.1 Å². The summed E-state index contributed by atoms with van der Waals surface area (Å²) < 4.78 is 10.6. The molecule has 7 nitrogen and oxygen atoms in total. The SMILES string of the molecule is Cc1cc(NC(=O)c2csc(Nc3ccc4c(c3)OCO4)n2)ccn1. The van der Waals surface area contributed by atoms with Crippen molar-refractivity contribution in [1.29, 1.82) is 0 Å². The molecule has 3 aromatic rings. The number of aryl methyl sites for hydroxylation is 1. The monoisotopic (exact) mass is 354 g/mol. The number of hydrogen-bond donors (Lipinski definition) is 2. The van der Waals surface area contributed by atoms with Crippen LogP contribution in [0.25, 0.3) is 0 Å². The molecular weight excluding hydrogens is 340 g/mol. The highest BCUT2D eigenvalue weighted by Gasteiger charge is 2.15. The van der Waals surface area contributed by atoms with Gasteiger partial charge in [0.2, 0.25) is 6.79 Å². The lowest BCUT2D eigenvalue weighted by molar-refractivity contribution is 0.102. The van der Waals surface area contributed by atoms with Gasteiger partial charge in [0.1, 0.15) is 5.69 Å². The molecule has 1 aliphatic rings. The van der Waals surface area contributed by atoms with Crippen molar-refractivity contribution in [3.05, 3.63) is 53.3 Å². The van der Waals surface area contributed by atoms with E-state index in [0.717, 1.165) is 17.1 Å². The summed E-state index contributed by atoms with van der Waals surface area (Å²) in [7, 11) is 0. The maximum absolute atomic E-state index is 12.3. The third kappa shape index (κ3) is 3.38. The van der Waals surface area contributed by atoms with Gasteiger partial charge in [0.05, 0.1) is 0 Å². The molecule has 0 spiro atoms. The van der Waals surface area contributed by atoms with E-state index in [4.69, 9.17) is 9.47 Å². The number of amides is 1. The van der Waals surface area contributed by atoms with Gasteiger partial charge in [-0.3, -0.25) is 9.78 Å². The first kappa shape index (κ1) is 15.4. The first-order chi connectivity index (χ1) is 12.2. The van der Waals surface area contributed by atoms with Gasteiger partial charge in [-0.15, -0.1) is 11.3 Å². The van der Waals surface area contributed by atoms with Crippen molar-refractivity contribution in [2.24, 2.45) is 0 Å². The molecule has 0 radical (unpaired) electrons. The van der Waals surface area contributed by atoms with Gasteiger partial charge in [-0.1, -0.05) is 0 Å². The van der Waals surface area contributed by atoms with Crippen LogP contribution in [0.1, 0.15) is 16.2 Å². The van der Waals surface area contributed by atoms with Crippen LogP contribution in [-0.2, 0) is 0 Å². The fraction of sp³-hybridized carbons (Fsp3) is 0.118. The molecule has 1 aliphatic heterocycles. The molecule has 1 aromatic carbocycles. The maximum Gasteiger partial charge on any atom is 0.275 e. The first-order valence-corrected chi connectivity index (χ1v) is 8.41. The Labute approximate surface area is 147 Å². The van der Waals surface area contributed by atoms with Crippen molar-refractivity contribution in [1.82, 2.24) is 9.97 Å². The average Bonchev–Trinajstić information content (AvgIpc) is 3.23. The molecule has 0 saturated carbocycles. The van der Waals surface area contributed by atoms with E-state index in [1.807, 2.05) is 25.1 Å². The molecule has 2 aromatic heterocycles. The van der Waals surface area contributed by atoms with E-state index in [9.17, 15) is 4.79 Å². The molecule has 25 heavy (non-hydrogen) atoms. The molecule has 8 heteroatoms. The summed E-state index contributed by atoms with van der Waals surface area (Å²) in [4.78, 5) is 20.7. The van der Waals surface area contributed by atoms with Gasteiger partial charge in [-0.25, -0.2) is 4.98 Å². The van der Waals surface area contributed by atoms with E-state index < -0.39 is 0 Å². The summed E-state index contributed by atoms with van der Waals surface area (Å²) >= 11 is 1.35. The second-order valence-corrected chi connectivity index (χ2v) is 6.23. The molecule has 0 bridgehead atoms. The van der Waals surface area contributed by atoms with Crippen molar-refractivity contribution in [2.45, 2.75) is 6.92 Å². The van der Waals surface area contributed by atoms with Crippen LogP contribution in [0.2, 0.25) is 0 Å². The average molecular weight is 354 g/mol. The number of ether oxygens (including phenoxy) is 2. The standard InChI is InChI=1S/C17H14N4O3S/c1-10-6-12(4-5-18-10)19-16(22)13-8-25-17(21-13)20-11-2-3-14-15(7-11)24-9-23-14/h2-8H,9H2,1H3,(H,20,21)(H,18,19,22). The zero-order valence-corrected chi connectivity index (χ0v) is 14.1. The summed E-state index contributed by atoms with van der Waals surface area (Å²) in [6, 6.07) is 9.08.